The van der Waals surface area contributed by atoms with Gasteiger partial charge in [0.2, 0.25) is 10.0 Å². The Bertz CT molecular complexity index is 807. The third kappa shape index (κ3) is 6.30. The van der Waals surface area contributed by atoms with Gasteiger partial charge in [0.25, 0.3) is 5.91 Å². The maximum absolute atomic E-state index is 12.8. The molecule has 4 N–H and O–H groups in total. The lowest BCUT2D eigenvalue weighted by Crippen LogP contribution is -2.37. The first kappa shape index (κ1) is 19.1. The fourth-order valence-corrected chi connectivity index (χ4v) is 3.23. The summed E-state index contributed by atoms with van der Waals surface area (Å²) in [5, 5.41) is 5.07. The van der Waals surface area contributed by atoms with E-state index in [4.69, 9.17) is 10.9 Å². The van der Waals surface area contributed by atoms with Crippen molar-refractivity contribution >= 4 is 15.9 Å². The van der Waals surface area contributed by atoms with Crippen LogP contribution in [0.3, 0.4) is 0 Å². The minimum atomic E-state index is -3.64. The summed E-state index contributed by atoms with van der Waals surface area (Å²) in [5.41, 5.74) is 7.70. The zero-order chi connectivity index (χ0) is 18.3. The summed E-state index contributed by atoms with van der Waals surface area (Å²) in [6.45, 7) is 1.34. The van der Waals surface area contributed by atoms with Gasteiger partial charge in [0.1, 0.15) is 0 Å². The Morgan fingerprint density at radius 1 is 0.960 bits per heavy atom. The summed E-state index contributed by atoms with van der Waals surface area (Å²) in [7, 11) is -3.64. The van der Waals surface area contributed by atoms with E-state index in [2.05, 4.69) is 0 Å². The average molecular weight is 361 g/mol. The number of hydrogen-bond donors (Lipinski definition) is 2. The Kier molecular flexibility index (Phi) is 6.69. The van der Waals surface area contributed by atoms with E-state index in [-0.39, 0.29) is 11.7 Å². The Balaban J connectivity index is 2.12. The molecule has 7 heteroatoms. The second-order valence-electron chi connectivity index (χ2n) is 5.82. The lowest BCUT2D eigenvalue weighted by atomic mass is 10.1. The Labute approximate surface area is 148 Å². The highest BCUT2D eigenvalue weighted by molar-refractivity contribution is 7.88. The summed E-state index contributed by atoms with van der Waals surface area (Å²) in [5.74, 6) is -0.465. The van der Waals surface area contributed by atoms with Crippen molar-refractivity contribution in [2.45, 2.75) is 12.2 Å². The Morgan fingerprint density at radius 2 is 1.64 bits per heavy atom. The maximum atomic E-state index is 12.8. The molecule has 0 unspecified atom stereocenters. The van der Waals surface area contributed by atoms with E-state index >= 15 is 0 Å². The first-order valence-electron chi connectivity index (χ1n) is 8.02. The van der Waals surface area contributed by atoms with Crippen LogP contribution in [0.15, 0.2) is 54.6 Å². The largest absolute Gasteiger partial charge is 0.337 e. The first-order chi connectivity index (χ1) is 11.9. The number of hydrogen-bond acceptors (Lipinski definition) is 4. The van der Waals surface area contributed by atoms with Gasteiger partial charge in [-0.3, -0.25) is 4.79 Å². The van der Waals surface area contributed by atoms with E-state index in [0.29, 0.717) is 30.8 Å². The number of rotatable bonds is 8. The fourth-order valence-electron chi connectivity index (χ4n) is 2.59. The average Bonchev–Trinajstić information content (AvgIpc) is 2.57. The highest BCUT2D eigenvalue weighted by Gasteiger charge is 2.16. The Hall–Kier alpha value is -2.22. The molecule has 134 valence electrons. The normalized spacial score (nSPS) is 11.3. The van der Waals surface area contributed by atoms with Crippen molar-refractivity contribution in [2.24, 2.45) is 10.9 Å². The van der Waals surface area contributed by atoms with Crippen LogP contribution < -0.4 is 10.9 Å². The van der Waals surface area contributed by atoms with Crippen molar-refractivity contribution in [1.29, 1.82) is 0 Å². The van der Waals surface area contributed by atoms with Crippen LogP contribution in [0.5, 0.6) is 0 Å². The molecule has 1 amide bonds. The van der Waals surface area contributed by atoms with E-state index in [1.54, 1.807) is 29.2 Å². The minimum Gasteiger partial charge on any atom is -0.337 e. The molecule has 0 saturated carbocycles. The third-order valence-corrected chi connectivity index (χ3v) is 4.48. The molecule has 0 heterocycles. The molecule has 0 bridgehead atoms. The van der Waals surface area contributed by atoms with Crippen LogP contribution in [0.25, 0.3) is 0 Å². The Morgan fingerprint density at radius 3 is 2.28 bits per heavy atom. The van der Waals surface area contributed by atoms with Gasteiger partial charge in [0.05, 0.1) is 5.75 Å². The maximum Gasteiger partial charge on any atom is 0.253 e. The lowest BCUT2D eigenvalue weighted by molar-refractivity contribution is 0.0762. The van der Waals surface area contributed by atoms with Gasteiger partial charge in [-0.05, 0) is 29.7 Å². The second kappa shape index (κ2) is 8.75. The van der Waals surface area contributed by atoms with Crippen LogP contribution in [-0.4, -0.2) is 38.9 Å². The van der Waals surface area contributed by atoms with Gasteiger partial charge in [0.15, 0.2) is 0 Å². The number of nitrogens with two attached hydrogens (primary N) is 2. The summed E-state index contributed by atoms with van der Waals surface area (Å²) in [6.07, 6.45) is 0.726. The molecular weight excluding hydrogens is 338 g/mol. The number of sulfonamides is 1. The number of amides is 1. The van der Waals surface area contributed by atoms with Gasteiger partial charge in [-0.15, -0.1) is 0 Å². The van der Waals surface area contributed by atoms with Crippen LogP contribution in [-0.2, 0) is 22.2 Å². The van der Waals surface area contributed by atoms with Crippen LogP contribution >= 0.6 is 0 Å². The zero-order valence-electron chi connectivity index (χ0n) is 14.0. The van der Waals surface area contributed by atoms with Gasteiger partial charge >= 0.3 is 0 Å². The summed E-state index contributed by atoms with van der Waals surface area (Å²) in [6, 6.07) is 16.4. The topological polar surface area (TPSA) is 106 Å². The molecule has 2 aromatic rings. The number of primary sulfonamides is 1. The standard InChI is InChI=1S/C18H23N3O3S/c19-10-12-21(11-9-15-5-2-1-3-6-15)18(22)17-8-4-7-16(13-17)14-25(20,23)24/h1-8,13H,9-12,14,19H2,(H2,20,23,24). The molecule has 0 aliphatic carbocycles. The van der Waals surface area contributed by atoms with Gasteiger partial charge in [-0.25, -0.2) is 13.6 Å². The summed E-state index contributed by atoms with van der Waals surface area (Å²) in [4.78, 5) is 14.4. The zero-order valence-corrected chi connectivity index (χ0v) is 14.8. The number of benzene rings is 2. The number of carbonyl (C=O) groups excluding carboxylic acids is 1. The van der Waals surface area contributed by atoms with Gasteiger partial charge < -0.3 is 10.6 Å². The van der Waals surface area contributed by atoms with Crippen molar-refractivity contribution in [3.05, 3.63) is 71.3 Å². The molecule has 0 fully saturated rings. The van der Waals surface area contributed by atoms with E-state index in [9.17, 15) is 13.2 Å². The molecule has 0 radical (unpaired) electrons. The molecule has 0 spiro atoms. The molecule has 25 heavy (non-hydrogen) atoms. The second-order valence-corrected chi connectivity index (χ2v) is 7.44. The predicted molar refractivity (Wildman–Crippen MR) is 98.4 cm³/mol. The quantitative estimate of drug-likeness (QED) is 0.735. The van der Waals surface area contributed by atoms with Crippen molar-refractivity contribution in [3.63, 3.8) is 0 Å². The van der Waals surface area contributed by atoms with Crippen molar-refractivity contribution < 1.29 is 13.2 Å². The molecular formula is C18H23N3O3S. The monoisotopic (exact) mass is 361 g/mol. The van der Waals surface area contributed by atoms with Crippen molar-refractivity contribution in [2.75, 3.05) is 19.6 Å². The molecule has 6 nitrogen and oxygen atoms in total. The van der Waals surface area contributed by atoms with Gasteiger partial charge in [-0.1, -0.05) is 42.5 Å². The van der Waals surface area contributed by atoms with Gasteiger partial charge in [-0.2, -0.15) is 0 Å². The van der Waals surface area contributed by atoms with E-state index < -0.39 is 10.0 Å². The highest BCUT2D eigenvalue weighted by atomic mass is 32.2. The molecule has 0 aromatic heterocycles. The number of carbonyl (C=O) groups is 1. The molecule has 0 aliphatic rings. The van der Waals surface area contributed by atoms with Gasteiger partial charge in [0, 0.05) is 25.2 Å². The number of nitrogens with zero attached hydrogens (tertiary/aromatic N) is 1. The van der Waals surface area contributed by atoms with Crippen molar-refractivity contribution in [1.82, 2.24) is 4.90 Å². The van der Waals surface area contributed by atoms with Crippen molar-refractivity contribution in [3.8, 4) is 0 Å². The summed E-state index contributed by atoms with van der Waals surface area (Å²) < 4.78 is 22.5. The third-order valence-electron chi connectivity index (χ3n) is 3.74. The first-order valence-corrected chi connectivity index (χ1v) is 9.73. The predicted octanol–water partition coefficient (Wildman–Crippen LogP) is 1.12. The smallest absolute Gasteiger partial charge is 0.253 e. The minimum absolute atomic E-state index is 0.169. The van der Waals surface area contributed by atoms with E-state index in [1.165, 1.54) is 0 Å². The van der Waals surface area contributed by atoms with E-state index in [0.717, 1.165) is 12.0 Å². The molecule has 0 atom stereocenters. The molecule has 2 rings (SSSR count). The summed E-state index contributed by atoms with van der Waals surface area (Å²) >= 11 is 0. The van der Waals surface area contributed by atoms with E-state index in [1.807, 2.05) is 30.3 Å². The molecule has 0 saturated heterocycles. The van der Waals surface area contributed by atoms with Crippen LogP contribution in [0.2, 0.25) is 0 Å². The lowest BCUT2D eigenvalue weighted by Gasteiger charge is -2.22. The molecule has 2 aromatic carbocycles. The molecule has 0 aliphatic heterocycles. The highest BCUT2D eigenvalue weighted by Crippen LogP contribution is 2.11. The van der Waals surface area contributed by atoms with Crippen LogP contribution in [0.1, 0.15) is 21.5 Å². The SMILES string of the molecule is NCCN(CCc1ccccc1)C(=O)c1cccc(CS(N)(=O)=O)c1. The van der Waals surface area contributed by atoms with Crippen LogP contribution in [0.4, 0.5) is 0 Å². The van der Waals surface area contributed by atoms with Crippen LogP contribution in [0, 0.1) is 0 Å². The fraction of sp³-hybridized carbons (Fsp3) is 0.278.